The molecule has 0 aromatic carbocycles. The Balaban J connectivity index is 1.91. The number of amides is 1. The van der Waals surface area contributed by atoms with Crippen LogP contribution in [0.3, 0.4) is 0 Å². The van der Waals surface area contributed by atoms with E-state index in [2.05, 4.69) is 10.1 Å². The maximum atomic E-state index is 12.2. The minimum Gasteiger partial charge on any atom is -0.409 e. The van der Waals surface area contributed by atoms with Gasteiger partial charge in [0.1, 0.15) is 0 Å². The third-order valence-corrected chi connectivity index (χ3v) is 4.14. The van der Waals surface area contributed by atoms with E-state index in [0.717, 1.165) is 18.7 Å². The first-order chi connectivity index (χ1) is 9.13. The Kier molecular flexibility index (Phi) is 4.39. The Hall–Kier alpha value is -1.60. The van der Waals surface area contributed by atoms with E-state index < -0.39 is 0 Å². The SMILES string of the molecule is CC(C(N)=NO)N1CCN(C(=O)c2ccsc2)CC1. The van der Waals surface area contributed by atoms with Crippen LogP contribution < -0.4 is 5.73 Å². The fraction of sp³-hybridized carbons (Fsp3) is 0.500. The van der Waals surface area contributed by atoms with E-state index in [9.17, 15) is 4.79 Å². The molecule has 1 aliphatic rings. The fourth-order valence-corrected chi connectivity index (χ4v) is 2.78. The van der Waals surface area contributed by atoms with E-state index in [1.54, 1.807) is 0 Å². The third-order valence-electron chi connectivity index (χ3n) is 3.46. The van der Waals surface area contributed by atoms with Gasteiger partial charge >= 0.3 is 0 Å². The normalized spacial score (nSPS) is 19.4. The number of hydrogen-bond donors (Lipinski definition) is 2. The van der Waals surface area contributed by atoms with Gasteiger partial charge in [0.15, 0.2) is 5.84 Å². The van der Waals surface area contributed by atoms with Crippen LogP contribution in [0.15, 0.2) is 22.0 Å². The topological polar surface area (TPSA) is 82.2 Å². The molecule has 1 aromatic rings. The molecule has 6 nitrogen and oxygen atoms in total. The number of amidine groups is 1. The van der Waals surface area contributed by atoms with E-state index in [1.165, 1.54) is 11.3 Å². The van der Waals surface area contributed by atoms with Crippen LogP contribution in [0, 0.1) is 0 Å². The molecule has 1 fully saturated rings. The molecular weight excluding hydrogens is 264 g/mol. The summed E-state index contributed by atoms with van der Waals surface area (Å²) >= 11 is 1.53. The zero-order valence-corrected chi connectivity index (χ0v) is 11.6. The van der Waals surface area contributed by atoms with Gasteiger partial charge < -0.3 is 15.8 Å². The van der Waals surface area contributed by atoms with Crippen LogP contribution in [0.25, 0.3) is 0 Å². The lowest BCUT2D eigenvalue weighted by Gasteiger charge is -2.37. The van der Waals surface area contributed by atoms with E-state index in [0.29, 0.717) is 13.1 Å². The largest absolute Gasteiger partial charge is 0.409 e. The molecule has 1 amide bonds. The Bertz CT molecular complexity index is 452. The zero-order chi connectivity index (χ0) is 13.8. The summed E-state index contributed by atoms with van der Waals surface area (Å²) in [6, 6.07) is 1.74. The first kappa shape index (κ1) is 13.8. The summed E-state index contributed by atoms with van der Waals surface area (Å²) in [7, 11) is 0. The Morgan fingerprint density at radius 2 is 2.16 bits per heavy atom. The van der Waals surface area contributed by atoms with Crippen molar-refractivity contribution in [3.8, 4) is 0 Å². The van der Waals surface area contributed by atoms with Crippen LogP contribution in [0.5, 0.6) is 0 Å². The van der Waals surface area contributed by atoms with Crippen molar-refractivity contribution in [1.29, 1.82) is 0 Å². The average molecular weight is 282 g/mol. The monoisotopic (exact) mass is 282 g/mol. The molecule has 0 bridgehead atoms. The summed E-state index contributed by atoms with van der Waals surface area (Å²) < 4.78 is 0. The van der Waals surface area contributed by atoms with Crippen molar-refractivity contribution in [3.05, 3.63) is 22.4 Å². The molecular formula is C12H18N4O2S. The Morgan fingerprint density at radius 3 is 2.68 bits per heavy atom. The third kappa shape index (κ3) is 3.05. The van der Waals surface area contributed by atoms with Gasteiger partial charge in [0.05, 0.1) is 11.6 Å². The molecule has 1 unspecified atom stereocenters. The summed E-state index contributed by atoms with van der Waals surface area (Å²) in [5.41, 5.74) is 6.35. The van der Waals surface area contributed by atoms with Gasteiger partial charge in [0.25, 0.3) is 5.91 Å². The molecule has 1 aliphatic heterocycles. The highest BCUT2D eigenvalue weighted by Gasteiger charge is 2.26. The first-order valence-electron chi connectivity index (χ1n) is 6.16. The molecule has 0 aliphatic carbocycles. The van der Waals surface area contributed by atoms with Crippen LogP contribution in [-0.2, 0) is 0 Å². The maximum absolute atomic E-state index is 12.2. The van der Waals surface area contributed by atoms with Gasteiger partial charge in [0.2, 0.25) is 0 Å². The van der Waals surface area contributed by atoms with Crippen molar-refractivity contribution < 1.29 is 10.0 Å². The number of oxime groups is 1. The maximum Gasteiger partial charge on any atom is 0.254 e. The average Bonchev–Trinajstić information content (AvgIpc) is 2.99. The van der Waals surface area contributed by atoms with Crippen molar-refractivity contribution in [2.24, 2.45) is 10.9 Å². The number of carbonyl (C=O) groups excluding carboxylic acids is 1. The minimum atomic E-state index is -0.108. The Labute approximate surface area is 116 Å². The molecule has 1 aromatic heterocycles. The molecule has 1 atom stereocenters. The smallest absolute Gasteiger partial charge is 0.254 e. The van der Waals surface area contributed by atoms with Crippen molar-refractivity contribution in [1.82, 2.24) is 9.80 Å². The summed E-state index contributed by atoms with van der Waals surface area (Å²) in [5.74, 6) is 0.287. The second-order valence-electron chi connectivity index (χ2n) is 4.54. The molecule has 1 saturated heterocycles. The van der Waals surface area contributed by atoms with E-state index in [4.69, 9.17) is 10.9 Å². The number of nitrogens with zero attached hydrogens (tertiary/aromatic N) is 3. The highest BCUT2D eigenvalue weighted by molar-refractivity contribution is 7.08. The minimum absolute atomic E-state index is 0.0809. The summed E-state index contributed by atoms with van der Waals surface area (Å²) in [6.45, 7) is 4.68. The Morgan fingerprint density at radius 1 is 1.47 bits per heavy atom. The molecule has 104 valence electrons. The summed E-state index contributed by atoms with van der Waals surface area (Å²) in [5, 5.41) is 15.5. The number of nitrogens with two attached hydrogens (primary N) is 1. The van der Waals surface area contributed by atoms with Crippen molar-refractivity contribution in [2.45, 2.75) is 13.0 Å². The van der Waals surface area contributed by atoms with E-state index >= 15 is 0 Å². The molecule has 2 heterocycles. The van der Waals surface area contributed by atoms with Gasteiger partial charge in [0, 0.05) is 31.6 Å². The molecule has 0 radical (unpaired) electrons. The summed E-state index contributed by atoms with van der Waals surface area (Å²) in [4.78, 5) is 16.1. The first-order valence-corrected chi connectivity index (χ1v) is 7.10. The molecule has 2 rings (SSSR count). The number of rotatable bonds is 3. The van der Waals surface area contributed by atoms with Crippen molar-refractivity contribution in [3.63, 3.8) is 0 Å². The highest BCUT2D eigenvalue weighted by Crippen LogP contribution is 2.13. The number of piperazine rings is 1. The standard InChI is InChI=1S/C12H18N4O2S/c1-9(11(13)14-18)15-3-5-16(6-4-15)12(17)10-2-7-19-8-10/h2,7-9,18H,3-6H2,1H3,(H2,13,14). The second-order valence-corrected chi connectivity index (χ2v) is 5.32. The lowest BCUT2D eigenvalue weighted by molar-refractivity contribution is 0.0619. The van der Waals surface area contributed by atoms with E-state index in [1.807, 2.05) is 28.7 Å². The molecule has 0 saturated carbocycles. The molecule has 19 heavy (non-hydrogen) atoms. The number of thiophene rings is 1. The summed E-state index contributed by atoms with van der Waals surface area (Å²) in [6.07, 6.45) is 0. The number of carbonyl (C=O) groups is 1. The molecule has 7 heteroatoms. The van der Waals surface area contributed by atoms with Gasteiger partial charge in [-0.3, -0.25) is 9.69 Å². The zero-order valence-electron chi connectivity index (χ0n) is 10.8. The lowest BCUT2D eigenvalue weighted by atomic mass is 10.2. The van der Waals surface area contributed by atoms with E-state index in [-0.39, 0.29) is 17.8 Å². The predicted molar refractivity (Wildman–Crippen MR) is 74.7 cm³/mol. The lowest BCUT2D eigenvalue weighted by Crippen LogP contribution is -2.54. The van der Waals surface area contributed by atoms with Gasteiger partial charge in [-0.25, -0.2) is 0 Å². The molecule has 0 spiro atoms. The van der Waals surface area contributed by atoms with Gasteiger partial charge in [-0.1, -0.05) is 5.16 Å². The predicted octanol–water partition coefficient (Wildman–Crippen LogP) is 0.641. The quantitative estimate of drug-likeness (QED) is 0.369. The highest BCUT2D eigenvalue weighted by atomic mass is 32.1. The van der Waals surface area contributed by atoms with Crippen LogP contribution in [0.2, 0.25) is 0 Å². The van der Waals surface area contributed by atoms with Crippen LogP contribution in [0.4, 0.5) is 0 Å². The van der Waals surface area contributed by atoms with Gasteiger partial charge in [-0.2, -0.15) is 11.3 Å². The van der Waals surface area contributed by atoms with Crippen LogP contribution in [-0.4, -0.2) is 59.0 Å². The van der Waals surface area contributed by atoms with Crippen LogP contribution in [0.1, 0.15) is 17.3 Å². The van der Waals surface area contributed by atoms with Gasteiger partial charge in [-0.05, 0) is 18.4 Å². The molecule has 3 N–H and O–H groups in total. The van der Waals surface area contributed by atoms with Crippen molar-refractivity contribution in [2.75, 3.05) is 26.2 Å². The van der Waals surface area contributed by atoms with Gasteiger partial charge in [-0.15, -0.1) is 0 Å². The van der Waals surface area contributed by atoms with Crippen molar-refractivity contribution >= 4 is 23.1 Å². The fourth-order valence-electron chi connectivity index (χ4n) is 2.15. The number of hydrogen-bond acceptors (Lipinski definition) is 5. The second kappa shape index (κ2) is 6.03. The van der Waals surface area contributed by atoms with Crippen LogP contribution >= 0.6 is 11.3 Å².